The van der Waals surface area contributed by atoms with E-state index in [0.717, 1.165) is 68.4 Å². The lowest BCUT2D eigenvalue weighted by Gasteiger charge is -2.42. The topological polar surface area (TPSA) is 81.6 Å². The highest BCUT2D eigenvalue weighted by Gasteiger charge is 2.32. The predicted octanol–water partition coefficient (Wildman–Crippen LogP) is 2.03. The number of piperidine rings is 2. The normalized spacial score (nSPS) is 21.3. The Bertz CT molecular complexity index is 791. The first kappa shape index (κ1) is 20.3. The number of thiazole rings is 1. The molecule has 8 heteroatoms. The number of aromatic nitrogens is 2. The minimum absolute atomic E-state index is 0.00449. The number of carbonyl (C=O) groups is 1. The van der Waals surface area contributed by atoms with E-state index >= 15 is 0 Å². The molecule has 2 fully saturated rings. The van der Waals surface area contributed by atoms with E-state index in [0.29, 0.717) is 12.6 Å². The van der Waals surface area contributed by atoms with Gasteiger partial charge in [0.1, 0.15) is 0 Å². The van der Waals surface area contributed by atoms with Gasteiger partial charge < -0.3 is 15.3 Å². The number of carbonyl (C=O) groups excluding carboxylic acids is 1. The van der Waals surface area contributed by atoms with Crippen LogP contribution in [0.25, 0.3) is 0 Å². The van der Waals surface area contributed by atoms with Gasteiger partial charge in [-0.2, -0.15) is 0 Å². The van der Waals surface area contributed by atoms with E-state index in [1.165, 1.54) is 0 Å². The van der Waals surface area contributed by atoms with Crippen LogP contribution in [0.1, 0.15) is 37.1 Å². The zero-order valence-corrected chi connectivity index (χ0v) is 17.5. The third-order valence-corrected chi connectivity index (χ3v) is 6.90. The zero-order chi connectivity index (χ0) is 20.1. The number of amides is 1. The van der Waals surface area contributed by atoms with Gasteiger partial charge in [-0.15, -0.1) is 11.3 Å². The first-order valence-corrected chi connectivity index (χ1v) is 11.3. The molecule has 2 aliphatic rings. The van der Waals surface area contributed by atoms with E-state index in [9.17, 15) is 9.90 Å². The van der Waals surface area contributed by atoms with Crippen molar-refractivity contribution in [3.63, 3.8) is 0 Å². The minimum Gasteiger partial charge on any atom is -0.390 e. The number of likely N-dealkylation sites (tertiary alicyclic amines) is 1. The molecule has 1 atom stereocenters. The van der Waals surface area contributed by atoms with Crippen molar-refractivity contribution in [2.24, 2.45) is 5.92 Å². The third kappa shape index (κ3) is 5.12. The number of anilines is 1. The van der Waals surface area contributed by atoms with Gasteiger partial charge in [-0.1, -0.05) is 6.07 Å². The highest BCUT2D eigenvalue weighted by Crippen LogP contribution is 2.28. The molecule has 1 unspecified atom stereocenters. The van der Waals surface area contributed by atoms with Gasteiger partial charge in [0.15, 0.2) is 5.13 Å². The summed E-state index contributed by atoms with van der Waals surface area (Å²) in [6.45, 7) is 4.40. The fraction of sp³-hybridized carbons (Fsp3) is 0.571. The van der Waals surface area contributed by atoms with E-state index in [1.807, 2.05) is 23.6 Å². The van der Waals surface area contributed by atoms with E-state index < -0.39 is 0 Å². The molecular formula is C21H29N5O2S. The molecule has 156 valence electrons. The summed E-state index contributed by atoms with van der Waals surface area (Å²) in [6.07, 6.45) is 5.99. The number of nitrogens with one attached hydrogen (secondary N) is 1. The Morgan fingerprint density at radius 2 is 2.07 bits per heavy atom. The molecule has 2 aliphatic heterocycles. The van der Waals surface area contributed by atoms with Crippen LogP contribution in [0.15, 0.2) is 29.8 Å². The van der Waals surface area contributed by atoms with Crippen molar-refractivity contribution in [1.29, 1.82) is 0 Å². The van der Waals surface area contributed by atoms with Crippen molar-refractivity contribution in [3.05, 3.63) is 41.2 Å². The van der Waals surface area contributed by atoms with Crippen LogP contribution in [0.2, 0.25) is 0 Å². The summed E-state index contributed by atoms with van der Waals surface area (Å²) in [5, 5.41) is 15.2. The fourth-order valence-corrected chi connectivity index (χ4v) is 5.18. The summed E-state index contributed by atoms with van der Waals surface area (Å²) in [6, 6.07) is 6.30. The molecule has 29 heavy (non-hydrogen) atoms. The maximum atomic E-state index is 12.7. The molecule has 2 aromatic rings. The summed E-state index contributed by atoms with van der Waals surface area (Å²) in [5.41, 5.74) is 1.65. The standard InChI is InChI=1S/C21H29N5O2S/c27-14-18-15-29-21(24-18)25-10-6-19(7-11-25)26-9-3-4-16(13-26)20(28)23-12-17-5-1-2-8-22-17/h1-2,5,8,15-16,19,27H,3-4,6-7,9-14H2,(H,23,28). The maximum absolute atomic E-state index is 12.7. The van der Waals surface area contributed by atoms with Gasteiger partial charge in [0, 0.05) is 37.3 Å². The van der Waals surface area contributed by atoms with Crippen molar-refractivity contribution in [1.82, 2.24) is 20.2 Å². The van der Waals surface area contributed by atoms with E-state index in [1.54, 1.807) is 17.5 Å². The molecule has 0 saturated carbocycles. The lowest BCUT2D eigenvalue weighted by atomic mass is 9.93. The first-order valence-electron chi connectivity index (χ1n) is 10.4. The molecular weight excluding hydrogens is 386 g/mol. The zero-order valence-electron chi connectivity index (χ0n) is 16.7. The minimum atomic E-state index is 0.00449. The second-order valence-electron chi connectivity index (χ2n) is 7.87. The number of hydrogen-bond donors (Lipinski definition) is 2. The highest BCUT2D eigenvalue weighted by atomic mass is 32.1. The van der Waals surface area contributed by atoms with Crippen LogP contribution in [-0.2, 0) is 17.9 Å². The number of rotatable bonds is 6. The van der Waals surface area contributed by atoms with Crippen LogP contribution < -0.4 is 10.2 Å². The summed E-state index contributed by atoms with van der Waals surface area (Å²) in [5.74, 6) is 0.216. The van der Waals surface area contributed by atoms with Gasteiger partial charge in [-0.05, 0) is 44.4 Å². The Morgan fingerprint density at radius 3 is 2.79 bits per heavy atom. The van der Waals surface area contributed by atoms with Gasteiger partial charge in [-0.25, -0.2) is 4.98 Å². The summed E-state index contributed by atoms with van der Waals surface area (Å²) in [7, 11) is 0. The predicted molar refractivity (Wildman–Crippen MR) is 114 cm³/mol. The van der Waals surface area contributed by atoms with E-state index in [2.05, 4.69) is 25.1 Å². The Morgan fingerprint density at radius 1 is 1.21 bits per heavy atom. The van der Waals surface area contributed by atoms with Crippen molar-refractivity contribution in [2.75, 3.05) is 31.1 Å². The second-order valence-corrected chi connectivity index (χ2v) is 8.71. The molecule has 0 radical (unpaired) electrons. The largest absolute Gasteiger partial charge is 0.390 e. The van der Waals surface area contributed by atoms with Crippen molar-refractivity contribution < 1.29 is 9.90 Å². The molecule has 2 aromatic heterocycles. The highest BCUT2D eigenvalue weighted by molar-refractivity contribution is 7.13. The molecule has 4 heterocycles. The molecule has 0 bridgehead atoms. The van der Waals surface area contributed by atoms with Gasteiger partial charge in [-0.3, -0.25) is 14.7 Å². The lowest BCUT2D eigenvalue weighted by Crippen LogP contribution is -2.50. The molecule has 2 N–H and O–H groups in total. The number of aliphatic hydroxyl groups excluding tert-OH is 1. The number of hydrogen-bond acceptors (Lipinski definition) is 7. The third-order valence-electron chi connectivity index (χ3n) is 5.95. The Hall–Kier alpha value is -2.03. The van der Waals surface area contributed by atoms with Crippen LogP contribution in [0.3, 0.4) is 0 Å². The van der Waals surface area contributed by atoms with Crippen molar-refractivity contribution >= 4 is 22.4 Å². The number of aliphatic hydroxyl groups is 1. The smallest absolute Gasteiger partial charge is 0.224 e. The van der Waals surface area contributed by atoms with Crippen LogP contribution >= 0.6 is 11.3 Å². The first-order chi connectivity index (χ1) is 14.2. The van der Waals surface area contributed by atoms with Gasteiger partial charge in [0.2, 0.25) is 5.91 Å². The van der Waals surface area contributed by atoms with Crippen molar-refractivity contribution in [3.8, 4) is 0 Å². The SMILES string of the molecule is O=C(NCc1ccccn1)C1CCCN(C2CCN(c3nc(CO)cs3)CC2)C1. The van der Waals surface area contributed by atoms with Crippen molar-refractivity contribution in [2.45, 2.75) is 44.9 Å². The lowest BCUT2D eigenvalue weighted by molar-refractivity contribution is -0.127. The van der Waals surface area contributed by atoms with Crippen LogP contribution in [0.4, 0.5) is 5.13 Å². The summed E-state index contributed by atoms with van der Waals surface area (Å²) in [4.78, 5) is 26.3. The summed E-state index contributed by atoms with van der Waals surface area (Å²) < 4.78 is 0. The molecule has 7 nitrogen and oxygen atoms in total. The number of pyridine rings is 1. The molecule has 0 spiro atoms. The monoisotopic (exact) mass is 415 g/mol. The molecule has 0 aliphatic carbocycles. The quantitative estimate of drug-likeness (QED) is 0.751. The molecule has 1 amide bonds. The van der Waals surface area contributed by atoms with Gasteiger partial charge in [0.25, 0.3) is 0 Å². The van der Waals surface area contributed by atoms with Crippen LogP contribution in [0.5, 0.6) is 0 Å². The average Bonchev–Trinajstić information content (AvgIpc) is 3.28. The maximum Gasteiger partial charge on any atom is 0.224 e. The van der Waals surface area contributed by atoms with Crippen LogP contribution in [0, 0.1) is 5.92 Å². The molecule has 0 aromatic carbocycles. The Kier molecular flexibility index (Phi) is 6.74. The molecule has 4 rings (SSSR count). The van der Waals surface area contributed by atoms with E-state index in [4.69, 9.17) is 0 Å². The van der Waals surface area contributed by atoms with Gasteiger partial charge >= 0.3 is 0 Å². The van der Waals surface area contributed by atoms with Crippen LogP contribution in [-0.4, -0.2) is 58.1 Å². The fourth-order valence-electron chi connectivity index (χ4n) is 4.31. The Balaban J connectivity index is 1.26. The summed E-state index contributed by atoms with van der Waals surface area (Å²) >= 11 is 1.61. The molecule has 2 saturated heterocycles. The average molecular weight is 416 g/mol. The van der Waals surface area contributed by atoms with E-state index in [-0.39, 0.29) is 18.4 Å². The van der Waals surface area contributed by atoms with Gasteiger partial charge in [0.05, 0.1) is 30.5 Å². The Labute approximate surface area is 175 Å². The second kappa shape index (κ2) is 9.65. The number of nitrogens with zero attached hydrogens (tertiary/aromatic N) is 4.